The van der Waals surface area contributed by atoms with Gasteiger partial charge >= 0.3 is 0 Å². The van der Waals surface area contributed by atoms with Crippen LogP contribution in [0.1, 0.15) is 36.0 Å². The zero-order chi connectivity index (χ0) is 20.7. The van der Waals surface area contributed by atoms with Gasteiger partial charge in [0.25, 0.3) is 5.91 Å². The molecule has 0 atom stereocenters. The summed E-state index contributed by atoms with van der Waals surface area (Å²) in [5, 5.41) is 16.9. The lowest BCUT2D eigenvalue weighted by Gasteiger charge is -2.29. The molecule has 2 N–H and O–H groups in total. The number of carbonyl (C=O) groups excluding carboxylic acids is 2. The van der Waals surface area contributed by atoms with E-state index in [-0.39, 0.29) is 23.8 Å². The molecule has 2 amide bonds. The Morgan fingerprint density at radius 3 is 2.43 bits per heavy atom. The summed E-state index contributed by atoms with van der Waals surface area (Å²) in [6.07, 6.45) is 2.79. The Labute approximate surface area is 173 Å². The minimum Gasteiger partial charge on any atom is -0.393 e. The number of nitrogens with zero attached hydrogens (tertiary/aromatic N) is 4. The van der Waals surface area contributed by atoms with E-state index >= 15 is 0 Å². The lowest BCUT2D eigenvalue weighted by atomic mass is 10.0. The molecule has 1 aromatic carbocycles. The van der Waals surface area contributed by atoms with Crippen LogP contribution in [0, 0.1) is 5.92 Å². The molecule has 8 nitrogen and oxygen atoms in total. The first kappa shape index (κ1) is 18.7. The third-order valence-corrected chi connectivity index (χ3v) is 5.72. The standard InChI is InChI=1S/C22H23N5O3/c28-17-10-12-26(13-11-17)21(30)16-8-4-14(5-9-16)18-2-1-3-19-23-22(25-27(18)19)24-20(29)15-6-7-15/h1-5,8-9,15,17,28H,6-7,10-13H2,(H,24,25,29). The zero-order valence-corrected chi connectivity index (χ0v) is 16.5. The predicted octanol–water partition coefficient (Wildman–Crippen LogP) is 2.34. The number of nitrogens with one attached hydrogen (secondary N) is 1. The number of fused-ring (bicyclic) bond motifs is 1. The minimum absolute atomic E-state index is 0.0162. The van der Waals surface area contributed by atoms with E-state index in [4.69, 9.17) is 0 Å². The Balaban J connectivity index is 1.37. The van der Waals surface area contributed by atoms with E-state index in [0.717, 1.165) is 24.1 Å². The number of pyridine rings is 1. The molecule has 1 saturated heterocycles. The molecule has 3 heterocycles. The number of carbonyl (C=O) groups is 2. The van der Waals surface area contributed by atoms with Gasteiger partial charge in [0.05, 0.1) is 11.8 Å². The van der Waals surface area contributed by atoms with E-state index in [9.17, 15) is 14.7 Å². The summed E-state index contributed by atoms with van der Waals surface area (Å²) < 4.78 is 1.70. The Kier molecular flexibility index (Phi) is 4.71. The summed E-state index contributed by atoms with van der Waals surface area (Å²) in [5.41, 5.74) is 2.99. The molecule has 2 aliphatic rings. The maximum Gasteiger partial charge on any atom is 0.253 e. The molecule has 0 unspecified atom stereocenters. The lowest BCUT2D eigenvalue weighted by molar-refractivity contribution is -0.117. The zero-order valence-electron chi connectivity index (χ0n) is 16.5. The van der Waals surface area contributed by atoms with Gasteiger partial charge in [-0.25, -0.2) is 4.52 Å². The number of likely N-dealkylation sites (tertiary alicyclic amines) is 1. The molecular formula is C22H23N5O3. The maximum atomic E-state index is 12.7. The van der Waals surface area contributed by atoms with Crippen molar-refractivity contribution in [3.63, 3.8) is 0 Å². The monoisotopic (exact) mass is 405 g/mol. The summed E-state index contributed by atoms with van der Waals surface area (Å²) in [6.45, 7) is 1.16. The van der Waals surface area contributed by atoms with E-state index in [2.05, 4.69) is 15.4 Å². The van der Waals surface area contributed by atoms with Crippen molar-refractivity contribution >= 4 is 23.4 Å². The van der Waals surface area contributed by atoms with Crippen LogP contribution in [-0.4, -0.2) is 55.6 Å². The van der Waals surface area contributed by atoms with Crippen LogP contribution in [0.3, 0.4) is 0 Å². The van der Waals surface area contributed by atoms with Crippen molar-refractivity contribution in [3.05, 3.63) is 48.0 Å². The number of hydrogen-bond donors (Lipinski definition) is 2. The van der Waals surface area contributed by atoms with E-state index in [1.807, 2.05) is 42.5 Å². The highest BCUT2D eigenvalue weighted by atomic mass is 16.3. The number of rotatable bonds is 4. The van der Waals surface area contributed by atoms with Crippen molar-refractivity contribution in [3.8, 4) is 11.3 Å². The van der Waals surface area contributed by atoms with Crippen LogP contribution in [0.4, 0.5) is 5.95 Å². The maximum absolute atomic E-state index is 12.7. The molecule has 1 aliphatic heterocycles. The van der Waals surface area contributed by atoms with Gasteiger partial charge in [0.1, 0.15) is 0 Å². The van der Waals surface area contributed by atoms with E-state index in [0.29, 0.717) is 43.1 Å². The van der Waals surface area contributed by atoms with Gasteiger partial charge in [0.2, 0.25) is 11.9 Å². The number of hydrogen-bond acceptors (Lipinski definition) is 5. The average Bonchev–Trinajstić information content (AvgIpc) is 3.54. The molecule has 0 spiro atoms. The molecule has 2 aromatic heterocycles. The lowest BCUT2D eigenvalue weighted by Crippen LogP contribution is -2.40. The first-order valence-corrected chi connectivity index (χ1v) is 10.3. The molecule has 5 rings (SSSR count). The fourth-order valence-corrected chi connectivity index (χ4v) is 3.77. The first-order chi connectivity index (χ1) is 14.6. The normalized spacial score (nSPS) is 17.3. The smallest absolute Gasteiger partial charge is 0.253 e. The quantitative estimate of drug-likeness (QED) is 0.694. The molecule has 1 aliphatic carbocycles. The largest absolute Gasteiger partial charge is 0.393 e. The third kappa shape index (κ3) is 3.66. The van der Waals surface area contributed by atoms with Crippen molar-refractivity contribution in [1.82, 2.24) is 19.5 Å². The summed E-state index contributed by atoms with van der Waals surface area (Å²) in [4.78, 5) is 30.9. The van der Waals surface area contributed by atoms with Crippen molar-refractivity contribution in [2.24, 2.45) is 5.92 Å². The van der Waals surface area contributed by atoms with Gasteiger partial charge in [-0.1, -0.05) is 18.2 Å². The molecule has 8 heteroatoms. The van der Waals surface area contributed by atoms with Crippen molar-refractivity contribution in [1.29, 1.82) is 0 Å². The first-order valence-electron chi connectivity index (χ1n) is 10.3. The number of benzene rings is 1. The van der Waals surface area contributed by atoms with Crippen molar-refractivity contribution in [2.45, 2.75) is 31.8 Å². The topological polar surface area (TPSA) is 99.8 Å². The number of aliphatic hydroxyl groups excluding tert-OH is 1. The van der Waals surface area contributed by atoms with Crippen LogP contribution in [0.2, 0.25) is 0 Å². The van der Waals surface area contributed by atoms with E-state index in [1.165, 1.54) is 0 Å². The van der Waals surface area contributed by atoms with Gasteiger partial charge in [-0.15, -0.1) is 5.10 Å². The Morgan fingerprint density at radius 2 is 1.73 bits per heavy atom. The molecule has 0 radical (unpaired) electrons. The predicted molar refractivity (Wildman–Crippen MR) is 111 cm³/mol. The molecule has 0 bridgehead atoms. The van der Waals surface area contributed by atoms with Crippen LogP contribution in [0.5, 0.6) is 0 Å². The van der Waals surface area contributed by atoms with Crippen LogP contribution >= 0.6 is 0 Å². The van der Waals surface area contributed by atoms with E-state index in [1.54, 1.807) is 9.42 Å². The van der Waals surface area contributed by atoms with Crippen molar-refractivity contribution < 1.29 is 14.7 Å². The Hall–Kier alpha value is -3.26. The van der Waals surface area contributed by atoms with Crippen LogP contribution in [0.15, 0.2) is 42.5 Å². The van der Waals surface area contributed by atoms with Crippen molar-refractivity contribution in [2.75, 3.05) is 18.4 Å². The Morgan fingerprint density at radius 1 is 1.00 bits per heavy atom. The molecule has 154 valence electrons. The molecule has 30 heavy (non-hydrogen) atoms. The highest BCUT2D eigenvalue weighted by Crippen LogP contribution is 2.30. The summed E-state index contributed by atoms with van der Waals surface area (Å²) in [6, 6.07) is 13.1. The molecular weight excluding hydrogens is 382 g/mol. The van der Waals surface area contributed by atoms with Gasteiger partial charge in [-0.3, -0.25) is 14.9 Å². The highest BCUT2D eigenvalue weighted by molar-refractivity contribution is 5.95. The third-order valence-electron chi connectivity index (χ3n) is 5.72. The number of amides is 2. The molecule has 2 fully saturated rings. The van der Waals surface area contributed by atoms with Crippen LogP contribution < -0.4 is 5.32 Å². The second kappa shape index (κ2) is 7.53. The summed E-state index contributed by atoms with van der Waals surface area (Å²) >= 11 is 0. The number of aliphatic hydroxyl groups is 1. The van der Waals surface area contributed by atoms with Crippen LogP contribution in [0.25, 0.3) is 16.9 Å². The highest BCUT2D eigenvalue weighted by Gasteiger charge is 2.30. The number of piperidine rings is 1. The average molecular weight is 405 g/mol. The minimum atomic E-state index is -0.307. The fourth-order valence-electron chi connectivity index (χ4n) is 3.77. The van der Waals surface area contributed by atoms with Crippen LogP contribution in [-0.2, 0) is 4.79 Å². The Bertz CT molecular complexity index is 1100. The van der Waals surface area contributed by atoms with Gasteiger partial charge in [0.15, 0.2) is 5.65 Å². The van der Waals surface area contributed by atoms with Gasteiger partial charge in [-0.2, -0.15) is 4.98 Å². The van der Waals surface area contributed by atoms with Gasteiger partial charge in [-0.05, 0) is 49.9 Å². The number of anilines is 1. The van der Waals surface area contributed by atoms with Gasteiger partial charge in [0, 0.05) is 30.1 Å². The van der Waals surface area contributed by atoms with E-state index < -0.39 is 0 Å². The summed E-state index contributed by atoms with van der Waals surface area (Å²) in [5.74, 6) is 0.348. The number of aromatic nitrogens is 3. The molecule has 3 aromatic rings. The fraction of sp³-hybridized carbons (Fsp3) is 0.364. The second-order valence-corrected chi connectivity index (χ2v) is 7.98. The second-order valence-electron chi connectivity index (χ2n) is 7.98. The SMILES string of the molecule is O=C(Nc1nc2cccc(-c3ccc(C(=O)N4CCC(O)CC4)cc3)n2n1)C1CC1. The summed E-state index contributed by atoms with van der Waals surface area (Å²) in [7, 11) is 0. The van der Waals surface area contributed by atoms with Gasteiger partial charge < -0.3 is 10.0 Å². The molecule has 1 saturated carbocycles.